The first-order chi connectivity index (χ1) is 11.5. The largest absolute Gasteiger partial charge is 0.508 e. The van der Waals surface area contributed by atoms with Crippen molar-refractivity contribution < 1.29 is 19.1 Å². The van der Waals surface area contributed by atoms with Crippen molar-refractivity contribution in [3.05, 3.63) is 59.1 Å². The molecule has 0 saturated carbocycles. The number of carbonyl (C=O) groups is 1. The molecule has 0 spiro atoms. The monoisotopic (exact) mass is 324 g/mol. The maximum atomic E-state index is 11.8. The molecule has 0 saturated heterocycles. The molecule has 0 radical (unpaired) electrons. The Balaban J connectivity index is 2.34. The maximum Gasteiger partial charge on any atom is 0.254 e. The number of methoxy groups -OCH3 is 1. The number of nitrogens with two attached hydrogens (primary N) is 1. The molecular formula is C18H16N2O4. The van der Waals surface area contributed by atoms with Crippen molar-refractivity contribution in [3.8, 4) is 11.5 Å². The number of benzene rings is 2. The van der Waals surface area contributed by atoms with Gasteiger partial charge in [-0.1, -0.05) is 12.1 Å². The summed E-state index contributed by atoms with van der Waals surface area (Å²) in [5.41, 5.74) is 7.49. The Hall–Kier alpha value is -3.28. The van der Waals surface area contributed by atoms with E-state index < -0.39 is 5.91 Å². The number of rotatable bonds is 3. The van der Waals surface area contributed by atoms with Crippen LogP contribution in [0.2, 0.25) is 0 Å². The highest BCUT2D eigenvalue weighted by Gasteiger charge is 2.12. The second kappa shape index (κ2) is 6.08. The second-order valence-electron chi connectivity index (χ2n) is 5.29. The second-order valence-corrected chi connectivity index (χ2v) is 5.29. The van der Waals surface area contributed by atoms with Crippen LogP contribution >= 0.6 is 0 Å². The van der Waals surface area contributed by atoms with Crippen molar-refractivity contribution in [1.29, 1.82) is 0 Å². The number of nitrogens with zero attached hydrogens (tertiary/aromatic N) is 1. The number of primary amides is 1. The molecule has 122 valence electrons. The highest BCUT2D eigenvalue weighted by molar-refractivity contribution is 5.96. The molecule has 3 aromatic rings. The topological polar surface area (TPSA) is 98.1 Å². The van der Waals surface area contributed by atoms with Gasteiger partial charge >= 0.3 is 0 Å². The van der Waals surface area contributed by atoms with Crippen LogP contribution in [0.15, 0.2) is 51.9 Å². The van der Waals surface area contributed by atoms with Gasteiger partial charge in [0.1, 0.15) is 11.3 Å². The van der Waals surface area contributed by atoms with Crippen LogP contribution < -0.4 is 16.0 Å². The summed E-state index contributed by atoms with van der Waals surface area (Å²) in [6.07, 6.45) is 0. The summed E-state index contributed by atoms with van der Waals surface area (Å²) in [4.78, 5) is 16.2. The van der Waals surface area contributed by atoms with E-state index in [1.54, 1.807) is 43.3 Å². The van der Waals surface area contributed by atoms with E-state index >= 15 is 0 Å². The van der Waals surface area contributed by atoms with E-state index in [0.29, 0.717) is 22.4 Å². The van der Waals surface area contributed by atoms with Gasteiger partial charge in [0.2, 0.25) is 5.55 Å². The van der Waals surface area contributed by atoms with Crippen molar-refractivity contribution in [2.45, 2.75) is 6.92 Å². The summed E-state index contributed by atoms with van der Waals surface area (Å²) in [6, 6.07) is 11.7. The van der Waals surface area contributed by atoms with E-state index in [4.69, 9.17) is 14.9 Å². The maximum absolute atomic E-state index is 11.8. The zero-order chi connectivity index (χ0) is 17.3. The van der Waals surface area contributed by atoms with Crippen molar-refractivity contribution in [1.82, 2.24) is 0 Å². The average Bonchev–Trinajstić information content (AvgIpc) is 2.56. The number of phenols is 1. The predicted octanol–water partition coefficient (Wildman–Crippen LogP) is 2.79. The Morgan fingerprint density at radius 3 is 2.71 bits per heavy atom. The minimum atomic E-state index is -0.640. The summed E-state index contributed by atoms with van der Waals surface area (Å²) >= 11 is 0. The number of phenolic OH excluding ortho intramolecular Hbond substituents is 1. The van der Waals surface area contributed by atoms with Crippen molar-refractivity contribution in [3.63, 3.8) is 0 Å². The lowest BCUT2D eigenvalue weighted by atomic mass is 10.1. The number of aromatic hydroxyl groups is 1. The molecule has 0 atom stereocenters. The summed E-state index contributed by atoms with van der Waals surface area (Å²) in [6.45, 7) is 1.80. The third kappa shape index (κ3) is 2.81. The molecule has 2 aromatic carbocycles. The Labute approximate surface area is 137 Å². The lowest BCUT2D eigenvalue weighted by Gasteiger charge is -2.06. The Bertz CT molecular complexity index is 1010. The molecule has 24 heavy (non-hydrogen) atoms. The summed E-state index contributed by atoms with van der Waals surface area (Å²) < 4.78 is 11.1. The molecule has 0 bridgehead atoms. The van der Waals surface area contributed by atoms with Crippen molar-refractivity contribution in [2.24, 2.45) is 10.7 Å². The quantitative estimate of drug-likeness (QED) is 0.774. The van der Waals surface area contributed by atoms with Gasteiger partial charge in [0.05, 0.1) is 12.8 Å². The number of para-hydroxylation sites is 1. The van der Waals surface area contributed by atoms with Gasteiger partial charge in [-0.3, -0.25) is 4.79 Å². The van der Waals surface area contributed by atoms with E-state index in [2.05, 4.69) is 4.99 Å². The van der Waals surface area contributed by atoms with Crippen LogP contribution in [0.3, 0.4) is 0 Å². The number of amides is 1. The van der Waals surface area contributed by atoms with Crippen molar-refractivity contribution in [2.75, 3.05) is 7.11 Å². The van der Waals surface area contributed by atoms with Crippen LogP contribution in [-0.4, -0.2) is 18.1 Å². The van der Waals surface area contributed by atoms with Crippen LogP contribution in [0, 0.1) is 6.92 Å². The standard InChI is InChI=1S/C18H16N2O4/c1-10-8-12(21)6-7-14(10)20-18-13(17(19)22)9-11-4-3-5-15(23-2)16(11)24-18/h3-9,21H,1-2H3,(H2,19,22). The van der Waals surface area contributed by atoms with Crippen molar-refractivity contribution >= 4 is 22.6 Å². The average molecular weight is 324 g/mol. The number of hydrogen-bond donors (Lipinski definition) is 2. The fourth-order valence-corrected chi connectivity index (χ4v) is 2.42. The summed E-state index contributed by atoms with van der Waals surface area (Å²) in [5, 5.41) is 10.2. The van der Waals surface area contributed by atoms with Gasteiger partial charge in [-0.15, -0.1) is 0 Å². The van der Waals surface area contributed by atoms with Crippen LogP contribution in [0.25, 0.3) is 11.0 Å². The van der Waals surface area contributed by atoms with E-state index in [1.807, 2.05) is 0 Å². The molecule has 1 amide bonds. The lowest BCUT2D eigenvalue weighted by Crippen LogP contribution is -2.21. The Kier molecular flexibility index (Phi) is 3.95. The van der Waals surface area contributed by atoms with Crippen LogP contribution in [0.4, 0.5) is 5.69 Å². The molecule has 3 rings (SSSR count). The number of ether oxygens (including phenoxy) is 1. The molecule has 0 aliphatic rings. The zero-order valence-corrected chi connectivity index (χ0v) is 13.2. The smallest absolute Gasteiger partial charge is 0.254 e. The van der Waals surface area contributed by atoms with E-state index in [-0.39, 0.29) is 16.9 Å². The minimum Gasteiger partial charge on any atom is -0.508 e. The zero-order valence-electron chi connectivity index (χ0n) is 13.2. The molecule has 0 fully saturated rings. The third-order valence-electron chi connectivity index (χ3n) is 3.63. The summed E-state index contributed by atoms with van der Waals surface area (Å²) in [7, 11) is 1.53. The number of aryl methyl sites for hydroxylation is 1. The number of carbonyl (C=O) groups excluding carboxylic acids is 1. The SMILES string of the molecule is COc1cccc2cc(C(N)=O)c(=Nc3ccc(O)cc3C)oc12. The van der Waals surface area contributed by atoms with E-state index in [0.717, 1.165) is 5.56 Å². The lowest BCUT2D eigenvalue weighted by molar-refractivity contribution is 0.0996. The normalized spacial score (nSPS) is 11.7. The first-order valence-electron chi connectivity index (χ1n) is 7.24. The van der Waals surface area contributed by atoms with Gasteiger partial charge in [0, 0.05) is 5.39 Å². The molecule has 0 aliphatic carbocycles. The van der Waals surface area contributed by atoms with Gasteiger partial charge in [-0.2, -0.15) is 0 Å². The van der Waals surface area contributed by atoms with E-state index in [1.165, 1.54) is 13.2 Å². The van der Waals surface area contributed by atoms with E-state index in [9.17, 15) is 9.90 Å². The minimum absolute atomic E-state index is 0.0910. The van der Waals surface area contributed by atoms with Gasteiger partial charge in [-0.05, 0) is 42.8 Å². The number of fused-ring (bicyclic) bond motifs is 1. The third-order valence-corrected chi connectivity index (χ3v) is 3.63. The molecule has 6 heteroatoms. The molecule has 6 nitrogen and oxygen atoms in total. The predicted molar refractivity (Wildman–Crippen MR) is 89.4 cm³/mol. The first-order valence-corrected chi connectivity index (χ1v) is 7.24. The Morgan fingerprint density at radius 2 is 2.04 bits per heavy atom. The Morgan fingerprint density at radius 1 is 1.25 bits per heavy atom. The van der Waals surface area contributed by atoms with Crippen LogP contribution in [-0.2, 0) is 0 Å². The van der Waals surface area contributed by atoms with Gasteiger partial charge in [-0.25, -0.2) is 4.99 Å². The highest BCUT2D eigenvalue weighted by atomic mass is 16.5. The first kappa shape index (κ1) is 15.6. The molecule has 1 heterocycles. The molecule has 0 aliphatic heterocycles. The number of hydrogen-bond acceptors (Lipinski definition) is 5. The fraction of sp³-hybridized carbons (Fsp3) is 0.111. The van der Waals surface area contributed by atoms with Crippen LogP contribution in [0.5, 0.6) is 11.5 Å². The summed E-state index contributed by atoms with van der Waals surface area (Å²) in [5.74, 6) is 0.0275. The van der Waals surface area contributed by atoms with Gasteiger partial charge < -0.3 is 20.0 Å². The molecular weight excluding hydrogens is 308 g/mol. The fourth-order valence-electron chi connectivity index (χ4n) is 2.42. The molecule has 1 aromatic heterocycles. The highest BCUT2D eigenvalue weighted by Crippen LogP contribution is 2.26. The molecule has 0 unspecified atom stereocenters. The molecule has 3 N–H and O–H groups in total. The van der Waals surface area contributed by atoms with Gasteiger partial charge in [0.25, 0.3) is 5.91 Å². The van der Waals surface area contributed by atoms with Crippen LogP contribution in [0.1, 0.15) is 15.9 Å². The van der Waals surface area contributed by atoms with Gasteiger partial charge in [0.15, 0.2) is 11.3 Å².